The zero-order chi connectivity index (χ0) is 13.1. The van der Waals surface area contributed by atoms with Crippen molar-refractivity contribution >= 4 is 23.0 Å². The molecule has 0 bridgehead atoms. The predicted octanol–water partition coefficient (Wildman–Crippen LogP) is 1.34. The van der Waals surface area contributed by atoms with E-state index in [9.17, 15) is 9.90 Å². The standard InChI is InChI=1S/C13H19N3O2/c1-8(17)4-5-15-12-7-11-9(6-10(12)14)2-3-13(18)16-11/h6-8,15,17H,2-5,14H2,1H3,(H,16,18). The number of carbonyl (C=O) groups excluding carboxylic acids is 1. The maximum absolute atomic E-state index is 11.3. The van der Waals surface area contributed by atoms with Crippen LogP contribution >= 0.6 is 0 Å². The highest BCUT2D eigenvalue weighted by Crippen LogP contribution is 2.30. The van der Waals surface area contributed by atoms with Crippen molar-refractivity contribution in [2.24, 2.45) is 0 Å². The molecule has 0 fully saturated rings. The molecule has 1 aromatic carbocycles. The Bertz CT molecular complexity index is 458. The summed E-state index contributed by atoms with van der Waals surface area (Å²) in [6.45, 7) is 2.40. The number of aliphatic hydroxyl groups is 1. The van der Waals surface area contributed by atoms with Crippen LogP contribution in [0, 0.1) is 0 Å². The maximum Gasteiger partial charge on any atom is 0.224 e. The molecule has 1 amide bonds. The summed E-state index contributed by atoms with van der Waals surface area (Å²) < 4.78 is 0. The molecule has 1 unspecified atom stereocenters. The smallest absolute Gasteiger partial charge is 0.224 e. The molecule has 1 aliphatic heterocycles. The number of nitrogens with one attached hydrogen (secondary N) is 2. The fraction of sp³-hybridized carbons (Fsp3) is 0.462. The van der Waals surface area contributed by atoms with E-state index in [4.69, 9.17) is 5.73 Å². The molecular formula is C13H19N3O2. The van der Waals surface area contributed by atoms with Crippen LogP contribution < -0.4 is 16.4 Å². The molecule has 1 atom stereocenters. The highest BCUT2D eigenvalue weighted by Gasteiger charge is 2.16. The first-order chi connectivity index (χ1) is 8.56. The predicted molar refractivity (Wildman–Crippen MR) is 72.6 cm³/mol. The van der Waals surface area contributed by atoms with Crippen LogP contribution in [0.15, 0.2) is 12.1 Å². The molecule has 2 rings (SSSR count). The average Bonchev–Trinajstić information content (AvgIpc) is 2.30. The first kappa shape index (κ1) is 12.7. The fourth-order valence-corrected chi connectivity index (χ4v) is 2.02. The minimum absolute atomic E-state index is 0.0437. The molecule has 0 saturated heterocycles. The third-order valence-corrected chi connectivity index (χ3v) is 3.05. The molecule has 0 radical (unpaired) electrons. The third-order valence-electron chi connectivity index (χ3n) is 3.05. The van der Waals surface area contributed by atoms with Crippen molar-refractivity contribution < 1.29 is 9.90 Å². The number of aliphatic hydroxyl groups excluding tert-OH is 1. The lowest BCUT2D eigenvalue weighted by Crippen LogP contribution is -2.20. The molecule has 0 saturated carbocycles. The molecule has 1 heterocycles. The molecule has 0 aliphatic carbocycles. The van der Waals surface area contributed by atoms with Gasteiger partial charge in [0.15, 0.2) is 0 Å². The minimum atomic E-state index is -0.337. The maximum atomic E-state index is 11.3. The molecule has 5 nitrogen and oxygen atoms in total. The van der Waals surface area contributed by atoms with Crippen LogP contribution in [-0.4, -0.2) is 23.7 Å². The SMILES string of the molecule is CC(O)CCNc1cc2c(cc1N)CCC(=O)N2. The number of hydrogen-bond acceptors (Lipinski definition) is 4. The van der Waals surface area contributed by atoms with Gasteiger partial charge in [-0.1, -0.05) is 0 Å². The van der Waals surface area contributed by atoms with Gasteiger partial charge in [-0.25, -0.2) is 0 Å². The van der Waals surface area contributed by atoms with Crippen LogP contribution in [0.2, 0.25) is 0 Å². The van der Waals surface area contributed by atoms with E-state index < -0.39 is 0 Å². The van der Waals surface area contributed by atoms with Gasteiger partial charge in [-0.05, 0) is 37.5 Å². The lowest BCUT2D eigenvalue weighted by molar-refractivity contribution is -0.116. The fourth-order valence-electron chi connectivity index (χ4n) is 2.02. The molecule has 5 heteroatoms. The van der Waals surface area contributed by atoms with E-state index in [-0.39, 0.29) is 12.0 Å². The lowest BCUT2D eigenvalue weighted by atomic mass is 10.0. The third kappa shape index (κ3) is 2.92. The van der Waals surface area contributed by atoms with Gasteiger partial charge in [0, 0.05) is 18.7 Å². The second-order valence-electron chi connectivity index (χ2n) is 4.71. The van der Waals surface area contributed by atoms with Gasteiger partial charge in [-0.3, -0.25) is 4.79 Å². The Morgan fingerprint density at radius 1 is 1.50 bits per heavy atom. The Labute approximate surface area is 106 Å². The summed E-state index contributed by atoms with van der Waals surface area (Å²) >= 11 is 0. The molecule has 1 aromatic rings. The van der Waals surface area contributed by atoms with E-state index in [1.807, 2.05) is 12.1 Å². The number of nitrogens with two attached hydrogens (primary N) is 1. The van der Waals surface area contributed by atoms with Crippen molar-refractivity contribution in [2.45, 2.75) is 32.3 Å². The number of fused-ring (bicyclic) bond motifs is 1. The zero-order valence-electron chi connectivity index (χ0n) is 10.5. The largest absolute Gasteiger partial charge is 0.397 e. The van der Waals surface area contributed by atoms with Gasteiger partial charge in [0.2, 0.25) is 5.91 Å². The average molecular weight is 249 g/mol. The molecule has 5 N–H and O–H groups in total. The molecule has 18 heavy (non-hydrogen) atoms. The van der Waals surface area contributed by atoms with E-state index in [1.165, 1.54) is 0 Å². The monoisotopic (exact) mass is 249 g/mol. The van der Waals surface area contributed by atoms with Gasteiger partial charge in [0.1, 0.15) is 0 Å². The minimum Gasteiger partial charge on any atom is -0.397 e. The van der Waals surface area contributed by atoms with Gasteiger partial charge in [0.05, 0.1) is 17.5 Å². The quantitative estimate of drug-likeness (QED) is 0.606. The van der Waals surface area contributed by atoms with Crippen molar-refractivity contribution in [2.75, 3.05) is 22.9 Å². The second kappa shape index (κ2) is 5.27. The number of amides is 1. The summed E-state index contributed by atoms with van der Waals surface area (Å²) in [5.41, 5.74) is 9.35. The van der Waals surface area contributed by atoms with Crippen molar-refractivity contribution in [1.29, 1.82) is 0 Å². The van der Waals surface area contributed by atoms with E-state index >= 15 is 0 Å². The first-order valence-corrected chi connectivity index (χ1v) is 6.20. The number of aryl methyl sites for hydroxylation is 1. The van der Waals surface area contributed by atoms with Gasteiger partial charge < -0.3 is 21.5 Å². The number of anilines is 3. The summed E-state index contributed by atoms with van der Waals surface area (Å²) in [4.78, 5) is 11.3. The van der Waals surface area contributed by atoms with Gasteiger partial charge in [-0.2, -0.15) is 0 Å². The summed E-state index contributed by atoms with van der Waals surface area (Å²) in [5.74, 6) is 0.0437. The van der Waals surface area contributed by atoms with Crippen LogP contribution in [0.5, 0.6) is 0 Å². The van der Waals surface area contributed by atoms with Crippen molar-refractivity contribution in [3.63, 3.8) is 0 Å². The Hall–Kier alpha value is -1.75. The van der Waals surface area contributed by atoms with Crippen molar-refractivity contribution in [3.05, 3.63) is 17.7 Å². The number of carbonyl (C=O) groups is 1. The summed E-state index contributed by atoms with van der Waals surface area (Å²) in [7, 11) is 0. The molecule has 0 aromatic heterocycles. The normalized spacial score (nSPS) is 15.8. The Morgan fingerprint density at radius 3 is 3.00 bits per heavy atom. The first-order valence-electron chi connectivity index (χ1n) is 6.20. The molecule has 98 valence electrons. The van der Waals surface area contributed by atoms with Gasteiger partial charge in [-0.15, -0.1) is 0 Å². The van der Waals surface area contributed by atoms with Crippen LogP contribution in [-0.2, 0) is 11.2 Å². The lowest BCUT2D eigenvalue weighted by Gasteiger charge is -2.20. The molecule has 0 spiro atoms. The number of rotatable bonds is 4. The highest BCUT2D eigenvalue weighted by atomic mass is 16.3. The van der Waals surface area contributed by atoms with E-state index in [2.05, 4.69) is 10.6 Å². The number of nitrogen functional groups attached to an aromatic ring is 1. The Kier molecular flexibility index (Phi) is 3.72. The van der Waals surface area contributed by atoms with Crippen LogP contribution in [0.1, 0.15) is 25.3 Å². The van der Waals surface area contributed by atoms with Crippen LogP contribution in [0.25, 0.3) is 0 Å². The summed E-state index contributed by atoms with van der Waals surface area (Å²) in [6.07, 6.45) is 1.57. The Morgan fingerprint density at radius 2 is 2.28 bits per heavy atom. The van der Waals surface area contributed by atoms with E-state index in [0.717, 1.165) is 23.4 Å². The number of hydrogen-bond donors (Lipinski definition) is 4. The summed E-state index contributed by atoms with van der Waals surface area (Å²) in [5, 5.41) is 15.2. The van der Waals surface area contributed by atoms with Crippen molar-refractivity contribution in [3.8, 4) is 0 Å². The van der Waals surface area contributed by atoms with Crippen LogP contribution in [0.4, 0.5) is 17.1 Å². The molecular weight excluding hydrogens is 230 g/mol. The topological polar surface area (TPSA) is 87.4 Å². The number of benzene rings is 1. The van der Waals surface area contributed by atoms with Gasteiger partial charge in [0.25, 0.3) is 0 Å². The second-order valence-corrected chi connectivity index (χ2v) is 4.71. The van der Waals surface area contributed by atoms with Crippen LogP contribution in [0.3, 0.4) is 0 Å². The van der Waals surface area contributed by atoms with E-state index in [0.29, 0.717) is 25.1 Å². The summed E-state index contributed by atoms with van der Waals surface area (Å²) in [6, 6.07) is 3.77. The van der Waals surface area contributed by atoms with E-state index in [1.54, 1.807) is 6.92 Å². The zero-order valence-corrected chi connectivity index (χ0v) is 10.5. The highest BCUT2D eigenvalue weighted by molar-refractivity contribution is 5.95. The molecule has 1 aliphatic rings. The Balaban J connectivity index is 2.11. The van der Waals surface area contributed by atoms with Gasteiger partial charge >= 0.3 is 0 Å². The van der Waals surface area contributed by atoms with Crippen molar-refractivity contribution in [1.82, 2.24) is 0 Å².